The van der Waals surface area contributed by atoms with E-state index in [9.17, 15) is 9.59 Å². The minimum absolute atomic E-state index is 0.0647. The van der Waals surface area contributed by atoms with Crippen LogP contribution in [0.1, 0.15) is 42.1 Å². The van der Waals surface area contributed by atoms with Crippen LogP contribution >= 0.6 is 0 Å². The minimum Gasteiger partial charge on any atom is -0.447 e. The molecular formula is C15H19NO4. The SMILES string of the molecule is CCC(C)c1ccc(C(=O)OCN2CCOC2=O)cc1. The number of hydrogen-bond donors (Lipinski definition) is 0. The number of carbonyl (C=O) groups is 2. The standard InChI is InChI=1S/C15H19NO4/c1-3-11(2)12-4-6-13(7-5-12)14(17)20-10-16-8-9-19-15(16)18/h4-7,11H,3,8-10H2,1-2H3. The van der Waals surface area contributed by atoms with Gasteiger partial charge in [-0.1, -0.05) is 26.0 Å². The molecule has 2 rings (SSSR count). The zero-order valence-corrected chi connectivity index (χ0v) is 11.8. The molecule has 1 aliphatic heterocycles. The van der Waals surface area contributed by atoms with Gasteiger partial charge < -0.3 is 9.47 Å². The smallest absolute Gasteiger partial charge is 0.412 e. The van der Waals surface area contributed by atoms with Crippen molar-refractivity contribution in [3.63, 3.8) is 0 Å². The highest BCUT2D eigenvalue weighted by Gasteiger charge is 2.23. The molecule has 1 heterocycles. The third kappa shape index (κ3) is 3.29. The Morgan fingerprint density at radius 1 is 1.40 bits per heavy atom. The average Bonchev–Trinajstić information content (AvgIpc) is 2.89. The molecule has 1 fully saturated rings. The Labute approximate surface area is 118 Å². The average molecular weight is 277 g/mol. The Kier molecular flexibility index (Phi) is 4.61. The monoisotopic (exact) mass is 277 g/mol. The maximum absolute atomic E-state index is 11.9. The molecule has 0 N–H and O–H groups in total. The van der Waals surface area contributed by atoms with Gasteiger partial charge in [-0.05, 0) is 30.0 Å². The number of nitrogens with zero attached hydrogens (tertiary/aromatic N) is 1. The number of benzene rings is 1. The van der Waals surface area contributed by atoms with Crippen molar-refractivity contribution in [2.75, 3.05) is 19.9 Å². The van der Waals surface area contributed by atoms with Gasteiger partial charge in [-0.15, -0.1) is 0 Å². The zero-order chi connectivity index (χ0) is 14.5. The third-order valence-electron chi connectivity index (χ3n) is 3.52. The van der Waals surface area contributed by atoms with Gasteiger partial charge in [0.2, 0.25) is 0 Å². The highest BCUT2D eigenvalue weighted by molar-refractivity contribution is 5.89. The summed E-state index contributed by atoms with van der Waals surface area (Å²) in [4.78, 5) is 24.4. The first-order valence-electron chi connectivity index (χ1n) is 6.80. The van der Waals surface area contributed by atoms with Crippen LogP contribution < -0.4 is 0 Å². The molecule has 0 aliphatic carbocycles. The maximum Gasteiger partial charge on any atom is 0.412 e. The normalized spacial score (nSPS) is 15.9. The highest BCUT2D eigenvalue weighted by atomic mass is 16.6. The van der Waals surface area contributed by atoms with Crippen LogP contribution in [0.25, 0.3) is 0 Å². The van der Waals surface area contributed by atoms with Crippen LogP contribution in [0.4, 0.5) is 4.79 Å². The molecule has 1 aliphatic rings. The summed E-state index contributed by atoms with van der Waals surface area (Å²) < 4.78 is 9.85. The van der Waals surface area contributed by atoms with Crippen molar-refractivity contribution in [1.82, 2.24) is 4.90 Å². The molecule has 1 unspecified atom stereocenters. The minimum atomic E-state index is -0.440. The molecule has 0 bridgehead atoms. The second-order valence-electron chi connectivity index (χ2n) is 4.87. The van der Waals surface area contributed by atoms with Crippen molar-refractivity contribution < 1.29 is 19.1 Å². The number of carbonyl (C=O) groups excluding carboxylic acids is 2. The molecule has 5 nitrogen and oxygen atoms in total. The Morgan fingerprint density at radius 2 is 2.10 bits per heavy atom. The number of esters is 1. The number of amides is 1. The Morgan fingerprint density at radius 3 is 2.65 bits per heavy atom. The third-order valence-corrected chi connectivity index (χ3v) is 3.52. The van der Waals surface area contributed by atoms with Crippen molar-refractivity contribution in [2.45, 2.75) is 26.2 Å². The van der Waals surface area contributed by atoms with Crippen molar-refractivity contribution in [3.8, 4) is 0 Å². The summed E-state index contributed by atoms with van der Waals surface area (Å²) in [6.07, 6.45) is 0.617. The van der Waals surface area contributed by atoms with Gasteiger partial charge in [-0.2, -0.15) is 0 Å². The fourth-order valence-electron chi connectivity index (χ4n) is 1.95. The van der Waals surface area contributed by atoms with Gasteiger partial charge in [0.15, 0.2) is 6.73 Å². The molecule has 5 heteroatoms. The van der Waals surface area contributed by atoms with E-state index in [-0.39, 0.29) is 6.73 Å². The summed E-state index contributed by atoms with van der Waals surface area (Å²) in [7, 11) is 0. The first kappa shape index (κ1) is 14.4. The summed E-state index contributed by atoms with van der Waals surface area (Å²) in [5.41, 5.74) is 1.69. The Hall–Kier alpha value is -2.04. The van der Waals surface area contributed by atoms with E-state index in [4.69, 9.17) is 9.47 Å². The first-order valence-corrected chi connectivity index (χ1v) is 6.80. The van der Waals surface area contributed by atoms with Gasteiger partial charge >= 0.3 is 12.1 Å². The molecule has 1 atom stereocenters. The van der Waals surface area contributed by atoms with Crippen molar-refractivity contribution >= 4 is 12.1 Å². The largest absolute Gasteiger partial charge is 0.447 e. The van der Waals surface area contributed by atoms with Crippen LogP contribution in [0.2, 0.25) is 0 Å². The lowest BCUT2D eigenvalue weighted by Crippen LogP contribution is -2.28. The second-order valence-corrected chi connectivity index (χ2v) is 4.87. The highest BCUT2D eigenvalue weighted by Crippen LogP contribution is 2.19. The predicted octanol–water partition coefficient (Wildman–Crippen LogP) is 2.77. The van der Waals surface area contributed by atoms with Gasteiger partial charge in [0.25, 0.3) is 0 Å². The van der Waals surface area contributed by atoms with Gasteiger partial charge in [0.1, 0.15) is 6.61 Å². The van der Waals surface area contributed by atoms with Gasteiger partial charge in [0, 0.05) is 0 Å². The lowest BCUT2D eigenvalue weighted by molar-refractivity contribution is 0.0317. The molecule has 0 aromatic heterocycles. The van der Waals surface area contributed by atoms with Crippen molar-refractivity contribution in [2.24, 2.45) is 0 Å². The van der Waals surface area contributed by atoms with Gasteiger partial charge in [-0.25, -0.2) is 9.59 Å². The lowest BCUT2D eigenvalue weighted by atomic mass is 9.98. The van der Waals surface area contributed by atoms with Crippen LogP contribution in [-0.4, -0.2) is 36.8 Å². The van der Waals surface area contributed by atoms with E-state index < -0.39 is 12.1 Å². The Bertz CT molecular complexity index is 483. The first-order chi connectivity index (χ1) is 9.61. The Balaban J connectivity index is 1.90. The van der Waals surface area contributed by atoms with E-state index in [1.165, 1.54) is 10.5 Å². The van der Waals surface area contributed by atoms with E-state index in [1.54, 1.807) is 12.1 Å². The molecule has 1 amide bonds. The summed E-state index contributed by atoms with van der Waals surface area (Å²) in [5.74, 6) is 0.0415. The van der Waals surface area contributed by atoms with Crippen molar-refractivity contribution in [1.29, 1.82) is 0 Å². The quantitative estimate of drug-likeness (QED) is 0.777. The van der Waals surface area contributed by atoms with E-state index in [2.05, 4.69) is 13.8 Å². The summed E-state index contributed by atoms with van der Waals surface area (Å²) in [6.45, 7) is 5.01. The fraction of sp³-hybridized carbons (Fsp3) is 0.467. The number of ether oxygens (including phenoxy) is 2. The topological polar surface area (TPSA) is 55.8 Å². The molecular weight excluding hydrogens is 258 g/mol. The van der Waals surface area contributed by atoms with Crippen LogP contribution in [-0.2, 0) is 9.47 Å². The van der Waals surface area contributed by atoms with Gasteiger partial charge in [-0.3, -0.25) is 4.90 Å². The summed E-state index contributed by atoms with van der Waals surface area (Å²) >= 11 is 0. The number of cyclic esters (lactones) is 1. The molecule has 1 aromatic carbocycles. The van der Waals surface area contributed by atoms with Crippen LogP contribution in [0.5, 0.6) is 0 Å². The maximum atomic E-state index is 11.9. The number of hydrogen-bond acceptors (Lipinski definition) is 4. The van der Waals surface area contributed by atoms with Crippen molar-refractivity contribution in [3.05, 3.63) is 35.4 Å². The van der Waals surface area contributed by atoms with E-state index in [0.29, 0.717) is 24.6 Å². The predicted molar refractivity (Wildman–Crippen MR) is 73.5 cm³/mol. The van der Waals surface area contributed by atoms with Crippen LogP contribution in [0.3, 0.4) is 0 Å². The molecule has 20 heavy (non-hydrogen) atoms. The molecule has 0 spiro atoms. The lowest BCUT2D eigenvalue weighted by Gasteiger charge is -2.13. The van der Waals surface area contributed by atoms with Crippen LogP contribution in [0.15, 0.2) is 24.3 Å². The fourth-order valence-corrected chi connectivity index (χ4v) is 1.95. The summed E-state index contributed by atoms with van der Waals surface area (Å²) in [5, 5.41) is 0. The molecule has 1 saturated heterocycles. The summed E-state index contributed by atoms with van der Waals surface area (Å²) in [6, 6.07) is 7.39. The van der Waals surface area contributed by atoms with E-state index in [0.717, 1.165) is 6.42 Å². The molecule has 108 valence electrons. The van der Waals surface area contributed by atoms with E-state index >= 15 is 0 Å². The molecule has 0 radical (unpaired) electrons. The second kappa shape index (κ2) is 6.41. The molecule has 1 aromatic rings. The number of rotatable bonds is 5. The zero-order valence-electron chi connectivity index (χ0n) is 11.8. The molecule has 0 saturated carbocycles. The van der Waals surface area contributed by atoms with Crippen LogP contribution in [0, 0.1) is 0 Å². The van der Waals surface area contributed by atoms with E-state index in [1.807, 2.05) is 12.1 Å². The van der Waals surface area contributed by atoms with Gasteiger partial charge in [0.05, 0.1) is 12.1 Å².